The number of benzene rings is 2. The molecule has 98 valence electrons. The average Bonchev–Trinajstić information content (AvgIpc) is 2.38. The first kappa shape index (κ1) is 13.3. The third-order valence-electron chi connectivity index (χ3n) is 3.36. The molecule has 0 heterocycles. The Morgan fingerprint density at radius 3 is 2.32 bits per heavy atom. The molecule has 0 aliphatic heterocycles. The summed E-state index contributed by atoms with van der Waals surface area (Å²) >= 11 is 0. The van der Waals surface area contributed by atoms with E-state index >= 15 is 0 Å². The molecular weight excluding hydrogens is 234 g/mol. The lowest BCUT2D eigenvalue weighted by molar-refractivity contribution is 0.101. The maximum absolute atomic E-state index is 11.7. The molecule has 0 aromatic heterocycles. The molecule has 0 aliphatic carbocycles. The fraction of sp³-hybridized carbons (Fsp3) is 0.235. The molecule has 2 rings (SSSR count). The van der Waals surface area contributed by atoms with Gasteiger partial charge in [-0.1, -0.05) is 29.8 Å². The third-order valence-corrected chi connectivity index (χ3v) is 3.36. The van der Waals surface area contributed by atoms with Crippen LogP contribution in [0.5, 0.6) is 0 Å². The Kier molecular flexibility index (Phi) is 3.70. The van der Waals surface area contributed by atoms with Gasteiger partial charge in [0.25, 0.3) is 0 Å². The van der Waals surface area contributed by atoms with Gasteiger partial charge < -0.3 is 4.90 Å². The second kappa shape index (κ2) is 5.27. The van der Waals surface area contributed by atoms with E-state index in [1.165, 1.54) is 11.1 Å². The van der Waals surface area contributed by atoms with Crippen molar-refractivity contribution in [2.24, 2.45) is 0 Å². The molecule has 0 bridgehead atoms. The molecule has 2 nitrogen and oxygen atoms in total. The third kappa shape index (κ3) is 2.68. The summed E-state index contributed by atoms with van der Waals surface area (Å²) in [4.78, 5) is 13.8. The molecule has 0 unspecified atom stereocenters. The van der Waals surface area contributed by atoms with Crippen LogP contribution in [0.3, 0.4) is 0 Å². The highest BCUT2D eigenvalue weighted by Gasteiger charge is 2.13. The number of para-hydroxylation sites is 1. The monoisotopic (exact) mass is 253 g/mol. The van der Waals surface area contributed by atoms with Gasteiger partial charge in [0.05, 0.1) is 5.69 Å². The van der Waals surface area contributed by atoms with Crippen molar-refractivity contribution in [2.75, 3.05) is 11.9 Å². The number of hydrogen-bond acceptors (Lipinski definition) is 2. The number of carbonyl (C=O) groups is 1. The van der Waals surface area contributed by atoms with Gasteiger partial charge >= 0.3 is 0 Å². The van der Waals surface area contributed by atoms with Crippen molar-refractivity contribution < 1.29 is 4.79 Å². The molecule has 0 N–H and O–H groups in total. The van der Waals surface area contributed by atoms with Gasteiger partial charge in [-0.3, -0.25) is 4.79 Å². The topological polar surface area (TPSA) is 20.3 Å². The largest absolute Gasteiger partial charge is 0.344 e. The van der Waals surface area contributed by atoms with Crippen LogP contribution in [0.1, 0.15) is 28.4 Å². The van der Waals surface area contributed by atoms with Crippen LogP contribution >= 0.6 is 0 Å². The fourth-order valence-corrected chi connectivity index (χ4v) is 2.38. The van der Waals surface area contributed by atoms with E-state index in [0.29, 0.717) is 0 Å². The number of Topliss-reactive ketones (excluding diaryl/α,β-unsaturated/α-hetero) is 1. The van der Waals surface area contributed by atoms with Crippen molar-refractivity contribution >= 4 is 17.2 Å². The number of ketones is 1. The molecule has 0 saturated carbocycles. The molecule has 2 heteroatoms. The summed E-state index contributed by atoms with van der Waals surface area (Å²) in [6.07, 6.45) is 0. The first-order valence-corrected chi connectivity index (χ1v) is 6.41. The first-order valence-electron chi connectivity index (χ1n) is 6.41. The number of carbonyl (C=O) groups excluding carboxylic acids is 1. The number of nitrogens with zero attached hydrogens (tertiary/aromatic N) is 1. The highest BCUT2D eigenvalue weighted by molar-refractivity contribution is 6.00. The highest BCUT2D eigenvalue weighted by atomic mass is 16.1. The Hall–Kier alpha value is -2.09. The molecular formula is C17H19NO. The second-order valence-electron chi connectivity index (χ2n) is 4.92. The maximum Gasteiger partial charge on any atom is 0.161 e. The quantitative estimate of drug-likeness (QED) is 0.761. The molecule has 19 heavy (non-hydrogen) atoms. The lowest BCUT2D eigenvalue weighted by Gasteiger charge is -2.24. The zero-order chi connectivity index (χ0) is 14.0. The van der Waals surface area contributed by atoms with Crippen LogP contribution in [-0.2, 0) is 0 Å². The highest BCUT2D eigenvalue weighted by Crippen LogP contribution is 2.30. The standard InChI is InChI=1S/C17H19NO/c1-12-9-10-16(13(2)11-12)18(4)17-8-6-5-7-15(17)14(3)19/h5-11H,1-4H3. The van der Waals surface area contributed by atoms with Gasteiger partial charge in [-0.05, 0) is 44.5 Å². The summed E-state index contributed by atoms with van der Waals surface area (Å²) in [5.74, 6) is 0.0900. The lowest BCUT2D eigenvalue weighted by Crippen LogP contribution is -2.14. The molecule has 0 saturated heterocycles. The first-order chi connectivity index (χ1) is 9.00. The van der Waals surface area contributed by atoms with E-state index in [1.807, 2.05) is 31.3 Å². The van der Waals surface area contributed by atoms with Crippen LogP contribution in [0, 0.1) is 13.8 Å². The van der Waals surface area contributed by atoms with Gasteiger partial charge in [0.15, 0.2) is 5.78 Å². The van der Waals surface area contributed by atoms with Crippen LogP contribution in [0.4, 0.5) is 11.4 Å². The van der Waals surface area contributed by atoms with Gasteiger partial charge in [0, 0.05) is 18.3 Å². The molecule has 2 aromatic rings. The van der Waals surface area contributed by atoms with E-state index < -0.39 is 0 Å². The summed E-state index contributed by atoms with van der Waals surface area (Å²) in [5, 5.41) is 0. The van der Waals surface area contributed by atoms with Crippen LogP contribution in [0.15, 0.2) is 42.5 Å². The van der Waals surface area contributed by atoms with Crippen LogP contribution in [0.25, 0.3) is 0 Å². The zero-order valence-electron chi connectivity index (χ0n) is 11.9. The molecule has 0 radical (unpaired) electrons. The fourth-order valence-electron chi connectivity index (χ4n) is 2.38. The minimum Gasteiger partial charge on any atom is -0.344 e. The molecule has 0 atom stereocenters. The van der Waals surface area contributed by atoms with Crippen molar-refractivity contribution in [2.45, 2.75) is 20.8 Å². The van der Waals surface area contributed by atoms with Crippen molar-refractivity contribution in [1.82, 2.24) is 0 Å². The number of anilines is 2. The molecule has 0 fully saturated rings. The second-order valence-corrected chi connectivity index (χ2v) is 4.92. The Labute approximate surface area is 114 Å². The minimum absolute atomic E-state index is 0.0900. The van der Waals surface area contributed by atoms with Gasteiger partial charge in [0.2, 0.25) is 0 Å². The summed E-state index contributed by atoms with van der Waals surface area (Å²) < 4.78 is 0. The van der Waals surface area contributed by atoms with Gasteiger partial charge in [-0.25, -0.2) is 0 Å². The minimum atomic E-state index is 0.0900. The predicted molar refractivity (Wildman–Crippen MR) is 80.4 cm³/mol. The lowest BCUT2D eigenvalue weighted by atomic mass is 10.1. The zero-order valence-corrected chi connectivity index (χ0v) is 11.9. The van der Waals surface area contributed by atoms with E-state index in [4.69, 9.17) is 0 Å². The maximum atomic E-state index is 11.7. The molecule has 2 aromatic carbocycles. The summed E-state index contributed by atoms with van der Waals surface area (Å²) in [6.45, 7) is 5.78. The van der Waals surface area contributed by atoms with E-state index in [1.54, 1.807) is 6.92 Å². The molecule has 0 aliphatic rings. The normalized spacial score (nSPS) is 10.3. The van der Waals surface area contributed by atoms with Gasteiger partial charge in [-0.2, -0.15) is 0 Å². The van der Waals surface area contributed by atoms with E-state index in [0.717, 1.165) is 16.9 Å². The SMILES string of the molecule is CC(=O)c1ccccc1N(C)c1ccc(C)cc1C. The average molecular weight is 253 g/mol. The Morgan fingerprint density at radius 2 is 1.68 bits per heavy atom. The predicted octanol–water partition coefficient (Wildman–Crippen LogP) is 4.27. The smallest absolute Gasteiger partial charge is 0.161 e. The summed E-state index contributed by atoms with van der Waals surface area (Å²) in [6, 6.07) is 14.1. The Bertz CT molecular complexity index is 616. The summed E-state index contributed by atoms with van der Waals surface area (Å²) in [7, 11) is 2.00. The van der Waals surface area contributed by atoms with Crippen molar-refractivity contribution in [3.05, 3.63) is 59.2 Å². The number of aryl methyl sites for hydroxylation is 2. The summed E-state index contributed by atoms with van der Waals surface area (Å²) in [5.41, 5.74) is 5.28. The van der Waals surface area contributed by atoms with E-state index in [2.05, 4.69) is 36.9 Å². The molecule has 0 amide bonds. The van der Waals surface area contributed by atoms with Crippen LogP contribution in [-0.4, -0.2) is 12.8 Å². The van der Waals surface area contributed by atoms with Crippen LogP contribution < -0.4 is 4.90 Å². The number of rotatable bonds is 3. The van der Waals surface area contributed by atoms with Crippen molar-refractivity contribution in [3.8, 4) is 0 Å². The van der Waals surface area contributed by atoms with Crippen molar-refractivity contribution in [1.29, 1.82) is 0 Å². The van der Waals surface area contributed by atoms with Crippen LogP contribution in [0.2, 0.25) is 0 Å². The van der Waals surface area contributed by atoms with Gasteiger partial charge in [-0.15, -0.1) is 0 Å². The number of hydrogen-bond donors (Lipinski definition) is 0. The van der Waals surface area contributed by atoms with E-state index in [-0.39, 0.29) is 5.78 Å². The molecule has 0 spiro atoms. The van der Waals surface area contributed by atoms with Crippen molar-refractivity contribution in [3.63, 3.8) is 0 Å². The van der Waals surface area contributed by atoms with Gasteiger partial charge in [0.1, 0.15) is 0 Å². The Balaban J connectivity index is 2.50. The van der Waals surface area contributed by atoms with E-state index in [9.17, 15) is 4.79 Å². The Morgan fingerprint density at radius 1 is 1.00 bits per heavy atom.